The van der Waals surface area contributed by atoms with Gasteiger partial charge in [-0.2, -0.15) is 0 Å². The Kier molecular flexibility index (Phi) is 6.33. The van der Waals surface area contributed by atoms with E-state index >= 15 is 0 Å². The van der Waals surface area contributed by atoms with E-state index in [2.05, 4.69) is 10.6 Å². The second kappa shape index (κ2) is 9.35. The Hall–Kier alpha value is -3.63. The van der Waals surface area contributed by atoms with Gasteiger partial charge >= 0.3 is 0 Å². The molecule has 0 radical (unpaired) electrons. The van der Waals surface area contributed by atoms with E-state index in [-0.39, 0.29) is 25.3 Å². The largest absolute Gasteiger partial charge is 0.493 e. The number of amides is 4. The van der Waals surface area contributed by atoms with Gasteiger partial charge in [0.25, 0.3) is 0 Å². The lowest BCUT2D eigenvalue weighted by Gasteiger charge is -2.29. The molecule has 3 aliphatic rings. The van der Waals surface area contributed by atoms with E-state index in [0.717, 1.165) is 5.56 Å². The van der Waals surface area contributed by atoms with Gasteiger partial charge in [0.05, 0.1) is 26.1 Å². The number of primary amides is 1. The summed E-state index contributed by atoms with van der Waals surface area (Å²) in [6.45, 7) is 0.128. The lowest BCUT2D eigenvalue weighted by Crippen LogP contribution is -2.53. The van der Waals surface area contributed by atoms with Crippen LogP contribution in [0.4, 0.5) is 5.69 Å². The van der Waals surface area contributed by atoms with Crippen molar-refractivity contribution in [3.63, 3.8) is 0 Å². The highest BCUT2D eigenvalue weighted by atomic mass is 35.5. The number of imide groups is 1. The number of methoxy groups -OCH3 is 2. The first-order chi connectivity index (χ1) is 17.7. The number of likely N-dealkylation sites (tertiary alicyclic amines) is 1. The molecule has 4 atom stereocenters. The average Bonchev–Trinajstić information content (AvgIpc) is 3.45. The zero-order chi connectivity index (χ0) is 26.5. The van der Waals surface area contributed by atoms with Crippen molar-refractivity contribution < 1.29 is 28.7 Å². The molecule has 10 nitrogen and oxygen atoms in total. The molecule has 4 N–H and O–H groups in total. The second-order valence-electron chi connectivity index (χ2n) is 9.48. The molecule has 5 rings (SSSR count). The monoisotopic (exact) mass is 526 g/mol. The number of nitrogens with zero attached hydrogens (tertiary/aromatic N) is 1. The Labute approximate surface area is 218 Å². The van der Waals surface area contributed by atoms with Crippen LogP contribution in [0.1, 0.15) is 24.0 Å². The molecule has 11 heteroatoms. The minimum atomic E-state index is -1.47. The Bertz CT molecular complexity index is 1320. The molecule has 194 valence electrons. The van der Waals surface area contributed by atoms with Crippen molar-refractivity contribution in [2.45, 2.75) is 30.8 Å². The number of ether oxygens (including phenoxy) is 2. The van der Waals surface area contributed by atoms with Crippen LogP contribution in [0.25, 0.3) is 0 Å². The molecule has 2 aromatic rings. The van der Waals surface area contributed by atoms with Crippen LogP contribution in [0.15, 0.2) is 36.4 Å². The predicted molar refractivity (Wildman–Crippen MR) is 134 cm³/mol. The summed E-state index contributed by atoms with van der Waals surface area (Å²) in [4.78, 5) is 53.7. The molecule has 3 aliphatic heterocycles. The van der Waals surface area contributed by atoms with E-state index < -0.39 is 41.1 Å². The van der Waals surface area contributed by atoms with E-state index in [1.54, 1.807) is 37.4 Å². The van der Waals surface area contributed by atoms with Gasteiger partial charge < -0.3 is 20.5 Å². The maximum Gasteiger partial charge on any atom is 0.250 e. The first-order valence-electron chi connectivity index (χ1n) is 11.9. The molecule has 2 fully saturated rings. The fraction of sp³-hybridized carbons (Fsp3) is 0.385. The lowest BCUT2D eigenvalue weighted by molar-refractivity contribution is -0.142. The SMILES string of the molecule is COc1ccc(CCN2C(=O)[C@H]3[C@@H](C2=O)[C@@]2(N[C@@H]3CCC(N)=O)C(=O)Nc3ccc(Cl)cc32)cc1OC. The van der Waals surface area contributed by atoms with Crippen molar-refractivity contribution in [1.82, 2.24) is 10.2 Å². The van der Waals surface area contributed by atoms with E-state index in [1.165, 1.54) is 12.0 Å². The van der Waals surface area contributed by atoms with Crippen LogP contribution in [0.2, 0.25) is 5.02 Å². The second-order valence-corrected chi connectivity index (χ2v) is 9.92. The molecule has 0 bridgehead atoms. The molecule has 0 unspecified atom stereocenters. The molecular formula is C26H27ClN4O6. The minimum absolute atomic E-state index is 0.00804. The normalized spacial score (nSPS) is 25.9. The number of hydrogen-bond donors (Lipinski definition) is 3. The number of nitrogens with two attached hydrogens (primary N) is 1. The molecular weight excluding hydrogens is 500 g/mol. The van der Waals surface area contributed by atoms with Crippen LogP contribution < -0.4 is 25.8 Å². The number of benzene rings is 2. The Balaban J connectivity index is 1.48. The highest BCUT2D eigenvalue weighted by Gasteiger charge is 2.70. The fourth-order valence-corrected chi connectivity index (χ4v) is 6.05. The number of rotatable bonds is 8. The Morgan fingerprint density at radius 3 is 2.54 bits per heavy atom. The van der Waals surface area contributed by atoms with Crippen LogP contribution in [0, 0.1) is 11.8 Å². The molecule has 2 saturated heterocycles. The average molecular weight is 527 g/mol. The van der Waals surface area contributed by atoms with Gasteiger partial charge in [-0.1, -0.05) is 17.7 Å². The summed E-state index contributed by atoms with van der Waals surface area (Å²) in [6, 6.07) is 9.76. The molecule has 3 heterocycles. The standard InChI is InChI=1S/C26H27ClN4O6/c1-36-18-7-3-13(11-19(18)37-2)9-10-31-23(33)21-17(6-8-20(28)32)30-26(22(21)24(31)34)15-12-14(27)4-5-16(15)29-25(26)35/h3-5,7,11-12,17,21-22,30H,6,8-10H2,1-2H3,(H2,28,32)(H,29,35)/t17-,21-,22+,26-/m1/s1. The van der Waals surface area contributed by atoms with Gasteiger partial charge in [0.15, 0.2) is 11.5 Å². The summed E-state index contributed by atoms with van der Waals surface area (Å²) in [5, 5.41) is 6.49. The summed E-state index contributed by atoms with van der Waals surface area (Å²) in [6.07, 6.45) is 0.607. The van der Waals surface area contributed by atoms with Gasteiger partial charge in [0.1, 0.15) is 5.54 Å². The third-order valence-corrected chi connectivity index (χ3v) is 7.78. The van der Waals surface area contributed by atoms with Gasteiger partial charge in [0, 0.05) is 35.3 Å². The summed E-state index contributed by atoms with van der Waals surface area (Å²) < 4.78 is 10.6. The number of anilines is 1. The van der Waals surface area contributed by atoms with Crippen LogP contribution >= 0.6 is 11.6 Å². The zero-order valence-electron chi connectivity index (χ0n) is 20.4. The summed E-state index contributed by atoms with van der Waals surface area (Å²) in [5.41, 5.74) is 5.80. The summed E-state index contributed by atoms with van der Waals surface area (Å²) in [5.74, 6) is -2.46. The Morgan fingerprint density at radius 1 is 1.08 bits per heavy atom. The summed E-state index contributed by atoms with van der Waals surface area (Å²) in [7, 11) is 3.08. The molecule has 37 heavy (non-hydrogen) atoms. The van der Waals surface area contributed by atoms with Gasteiger partial charge in [-0.15, -0.1) is 0 Å². The first-order valence-corrected chi connectivity index (χ1v) is 12.3. The number of nitrogens with one attached hydrogen (secondary N) is 2. The highest BCUT2D eigenvalue weighted by molar-refractivity contribution is 6.31. The zero-order valence-corrected chi connectivity index (χ0v) is 21.1. The summed E-state index contributed by atoms with van der Waals surface area (Å²) >= 11 is 6.26. The van der Waals surface area contributed by atoms with Crippen LogP contribution in [-0.4, -0.2) is 55.3 Å². The third-order valence-electron chi connectivity index (χ3n) is 7.54. The molecule has 0 saturated carbocycles. The smallest absolute Gasteiger partial charge is 0.250 e. The number of hydrogen-bond acceptors (Lipinski definition) is 7. The molecule has 4 amide bonds. The molecule has 0 aliphatic carbocycles. The quantitative estimate of drug-likeness (QED) is 0.444. The van der Waals surface area contributed by atoms with Crippen LogP contribution in [0.5, 0.6) is 11.5 Å². The van der Waals surface area contributed by atoms with Gasteiger partial charge in [0.2, 0.25) is 23.6 Å². The van der Waals surface area contributed by atoms with E-state index in [1.807, 2.05) is 6.07 Å². The van der Waals surface area contributed by atoms with Crippen molar-refractivity contribution in [3.8, 4) is 11.5 Å². The predicted octanol–water partition coefficient (Wildman–Crippen LogP) is 1.59. The van der Waals surface area contributed by atoms with Crippen molar-refractivity contribution in [2.75, 3.05) is 26.1 Å². The van der Waals surface area contributed by atoms with Crippen molar-refractivity contribution >= 4 is 40.9 Å². The number of fused-ring (bicyclic) bond motifs is 4. The third kappa shape index (κ3) is 3.91. The van der Waals surface area contributed by atoms with E-state index in [0.29, 0.717) is 34.2 Å². The topological polar surface area (TPSA) is 140 Å². The molecule has 0 aromatic heterocycles. The van der Waals surface area contributed by atoms with Crippen molar-refractivity contribution in [2.24, 2.45) is 17.6 Å². The fourth-order valence-electron chi connectivity index (χ4n) is 5.88. The molecule has 2 aromatic carbocycles. The van der Waals surface area contributed by atoms with Gasteiger partial charge in [-0.05, 0) is 48.7 Å². The van der Waals surface area contributed by atoms with E-state index in [4.69, 9.17) is 26.8 Å². The van der Waals surface area contributed by atoms with Crippen LogP contribution in [0.3, 0.4) is 0 Å². The Morgan fingerprint density at radius 2 is 1.84 bits per heavy atom. The van der Waals surface area contributed by atoms with Gasteiger partial charge in [-0.25, -0.2) is 0 Å². The van der Waals surface area contributed by atoms with Crippen LogP contribution in [-0.2, 0) is 31.1 Å². The maximum absolute atomic E-state index is 13.8. The molecule has 1 spiro atoms. The minimum Gasteiger partial charge on any atom is -0.493 e. The van der Waals surface area contributed by atoms with E-state index in [9.17, 15) is 19.2 Å². The first kappa shape index (κ1) is 25.0. The highest BCUT2D eigenvalue weighted by Crippen LogP contribution is 2.53. The van der Waals surface area contributed by atoms with Crippen molar-refractivity contribution in [3.05, 3.63) is 52.5 Å². The van der Waals surface area contributed by atoms with Crippen molar-refractivity contribution in [1.29, 1.82) is 0 Å². The number of halogens is 1. The lowest BCUT2D eigenvalue weighted by atomic mass is 9.76. The number of carbonyl (C=O) groups is 4. The number of carbonyl (C=O) groups excluding carboxylic acids is 4. The maximum atomic E-state index is 13.8. The van der Waals surface area contributed by atoms with Gasteiger partial charge in [-0.3, -0.25) is 29.4 Å².